The molecule has 0 aliphatic carbocycles. The lowest BCUT2D eigenvalue weighted by atomic mass is 10.2. The van der Waals surface area contributed by atoms with Gasteiger partial charge in [0.15, 0.2) is 17.3 Å². The predicted molar refractivity (Wildman–Crippen MR) is 146 cm³/mol. The van der Waals surface area contributed by atoms with Gasteiger partial charge in [0.05, 0.1) is 24.2 Å². The second kappa shape index (κ2) is 10.8. The molecular formula is C29H21BrFN3O3. The minimum atomic E-state index is -0.302. The lowest BCUT2D eigenvalue weighted by Crippen LogP contribution is -2.20. The Hall–Kier alpha value is -4.30. The molecule has 0 aliphatic rings. The third kappa shape index (κ3) is 5.29. The third-order valence-corrected chi connectivity index (χ3v) is 6.38. The van der Waals surface area contributed by atoms with Crippen molar-refractivity contribution in [1.29, 1.82) is 0 Å². The number of nitrogens with zero attached hydrogens (tertiary/aromatic N) is 3. The van der Waals surface area contributed by atoms with Crippen LogP contribution in [0.15, 0.2) is 105 Å². The SMILES string of the molecule is COc1cc(C=Nn2c(-c3ccccc3)nc3ccccc3c2=O)c(Br)cc1OCc1ccc(F)cc1. The zero-order chi connectivity index (χ0) is 25.8. The van der Waals surface area contributed by atoms with Gasteiger partial charge in [-0.1, -0.05) is 54.6 Å². The first-order chi connectivity index (χ1) is 18.0. The van der Waals surface area contributed by atoms with E-state index in [1.165, 1.54) is 16.8 Å². The summed E-state index contributed by atoms with van der Waals surface area (Å²) in [7, 11) is 1.54. The van der Waals surface area contributed by atoms with Crippen molar-refractivity contribution in [2.24, 2.45) is 5.10 Å². The second-order valence-electron chi connectivity index (χ2n) is 8.12. The third-order valence-electron chi connectivity index (χ3n) is 5.69. The number of ether oxygens (including phenoxy) is 2. The van der Waals surface area contributed by atoms with E-state index in [0.29, 0.717) is 38.3 Å². The first kappa shape index (κ1) is 24.4. The van der Waals surface area contributed by atoms with Gasteiger partial charge in [-0.15, -0.1) is 0 Å². The molecule has 5 aromatic rings. The van der Waals surface area contributed by atoms with Gasteiger partial charge in [0, 0.05) is 15.6 Å². The Morgan fingerprint density at radius 1 is 0.973 bits per heavy atom. The van der Waals surface area contributed by atoms with E-state index in [1.807, 2.05) is 42.5 Å². The highest BCUT2D eigenvalue weighted by Gasteiger charge is 2.14. The maximum absolute atomic E-state index is 13.4. The summed E-state index contributed by atoms with van der Waals surface area (Å²) in [5.41, 5.74) is 2.59. The van der Waals surface area contributed by atoms with Crippen LogP contribution in [0.2, 0.25) is 0 Å². The normalized spacial score (nSPS) is 11.2. The number of para-hydroxylation sites is 1. The quantitative estimate of drug-likeness (QED) is 0.216. The monoisotopic (exact) mass is 557 g/mol. The summed E-state index contributed by atoms with van der Waals surface area (Å²) in [5.74, 6) is 1.12. The molecule has 0 spiro atoms. The zero-order valence-corrected chi connectivity index (χ0v) is 21.4. The first-order valence-corrected chi connectivity index (χ1v) is 12.2. The number of benzene rings is 4. The minimum absolute atomic E-state index is 0.245. The second-order valence-corrected chi connectivity index (χ2v) is 8.97. The van der Waals surface area contributed by atoms with Gasteiger partial charge in [-0.05, 0) is 57.9 Å². The fourth-order valence-electron chi connectivity index (χ4n) is 3.79. The van der Waals surface area contributed by atoms with E-state index in [0.717, 1.165) is 11.1 Å². The first-order valence-electron chi connectivity index (χ1n) is 11.4. The number of halogens is 2. The maximum Gasteiger partial charge on any atom is 0.282 e. The number of hydrogen-bond donors (Lipinski definition) is 0. The van der Waals surface area contributed by atoms with Crippen molar-refractivity contribution in [2.45, 2.75) is 6.61 Å². The van der Waals surface area contributed by atoms with Crippen LogP contribution in [0.5, 0.6) is 11.5 Å². The molecule has 0 saturated heterocycles. The molecule has 6 nitrogen and oxygen atoms in total. The molecule has 1 heterocycles. The van der Waals surface area contributed by atoms with Crippen molar-refractivity contribution in [3.8, 4) is 22.9 Å². The number of methoxy groups -OCH3 is 1. The summed E-state index contributed by atoms with van der Waals surface area (Å²) in [6, 6.07) is 26.3. The molecule has 184 valence electrons. The zero-order valence-electron chi connectivity index (χ0n) is 19.8. The number of fused-ring (bicyclic) bond motifs is 1. The van der Waals surface area contributed by atoms with Crippen molar-refractivity contribution in [2.75, 3.05) is 7.11 Å². The van der Waals surface area contributed by atoms with Gasteiger partial charge in [0.2, 0.25) is 0 Å². The summed E-state index contributed by atoms with van der Waals surface area (Å²) in [6.45, 7) is 0.245. The van der Waals surface area contributed by atoms with Gasteiger partial charge < -0.3 is 9.47 Å². The molecule has 37 heavy (non-hydrogen) atoms. The van der Waals surface area contributed by atoms with Crippen LogP contribution in [0.4, 0.5) is 4.39 Å². The molecule has 0 radical (unpaired) electrons. The molecule has 4 aromatic carbocycles. The molecule has 5 rings (SSSR count). The summed E-state index contributed by atoms with van der Waals surface area (Å²) in [4.78, 5) is 18.1. The Bertz CT molecular complexity index is 1650. The topological polar surface area (TPSA) is 65.7 Å². The molecular weight excluding hydrogens is 537 g/mol. The van der Waals surface area contributed by atoms with Crippen LogP contribution < -0.4 is 15.0 Å². The van der Waals surface area contributed by atoms with Gasteiger partial charge in [0.25, 0.3) is 5.56 Å². The van der Waals surface area contributed by atoms with E-state index in [1.54, 1.807) is 49.7 Å². The van der Waals surface area contributed by atoms with Crippen LogP contribution >= 0.6 is 15.9 Å². The number of rotatable bonds is 7. The molecule has 0 saturated carbocycles. The van der Waals surface area contributed by atoms with Crippen LogP contribution in [0.3, 0.4) is 0 Å². The summed E-state index contributed by atoms with van der Waals surface area (Å²) < 4.78 is 26.6. The summed E-state index contributed by atoms with van der Waals surface area (Å²) in [6.07, 6.45) is 1.57. The van der Waals surface area contributed by atoms with Crippen LogP contribution in [0.25, 0.3) is 22.3 Å². The van der Waals surface area contributed by atoms with E-state index in [-0.39, 0.29) is 18.0 Å². The van der Waals surface area contributed by atoms with E-state index >= 15 is 0 Å². The number of hydrogen-bond acceptors (Lipinski definition) is 5. The van der Waals surface area contributed by atoms with Gasteiger partial charge in [-0.2, -0.15) is 9.78 Å². The van der Waals surface area contributed by atoms with E-state index < -0.39 is 0 Å². The lowest BCUT2D eigenvalue weighted by molar-refractivity contribution is 0.284. The average molecular weight is 558 g/mol. The van der Waals surface area contributed by atoms with Gasteiger partial charge >= 0.3 is 0 Å². The Kier molecular flexibility index (Phi) is 7.09. The average Bonchev–Trinajstić information content (AvgIpc) is 2.93. The molecule has 0 unspecified atom stereocenters. The lowest BCUT2D eigenvalue weighted by Gasteiger charge is -2.13. The maximum atomic E-state index is 13.4. The van der Waals surface area contributed by atoms with Crippen LogP contribution in [0.1, 0.15) is 11.1 Å². The van der Waals surface area contributed by atoms with E-state index in [9.17, 15) is 9.18 Å². The molecule has 8 heteroatoms. The predicted octanol–water partition coefficient (Wildman–Crippen LogP) is 6.43. The van der Waals surface area contributed by atoms with Crippen molar-refractivity contribution in [1.82, 2.24) is 9.66 Å². The molecule has 1 aromatic heterocycles. The fraction of sp³-hybridized carbons (Fsp3) is 0.0690. The Morgan fingerprint density at radius 3 is 2.46 bits per heavy atom. The fourth-order valence-corrected chi connectivity index (χ4v) is 4.21. The molecule has 0 atom stereocenters. The highest BCUT2D eigenvalue weighted by molar-refractivity contribution is 9.10. The summed E-state index contributed by atoms with van der Waals surface area (Å²) in [5, 5.41) is 5.00. The Labute approximate surface area is 220 Å². The molecule has 0 aliphatic heterocycles. The van der Waals surface area contributed by atoms with Gasteiger partial charge in [-0.3, -0.25) is 4.79 Å². The van der Waals surface area contributed by atoms with Crippen LogP contribution in [-0.2, 0) is 6.61 Å². The largest absolute Gasteiger partial charge is 0.493 e. The van der Waals surface area contributed by atoms with Crippen molar-refractivity contribution >= 4 is 33.0 Å². The molecule has 0 bridgehead atoms. The van der Waals surface area contributed by atoms with Crippen LogP contribution in [0, 0.1) is 5.82 Å². The van der Waals surface area contributed by atoms with Crippen LogP contribution in [-0.4, -0.2) is 23.0 Å². The van der Waals surface area contributed by atoms with E-state index in [4.69, 9.17) is 14.5 Å². The summed E-state index contributed by atoms with van der Waals surface area (Å²) >= 11 is 3.56. The van der Waals surface area contributed by atoms with Crippen molar-refractivity contribution in [3.05, 3.63) is 123 Å². The van der Waals surface area contributed by atoms with Crippen molar-refractivity contribution in [3.63, 3.8) is 0 Å². The Balaban J connectivity index is 1.51. The molecule has 0 amide bonds. The standard InChI is InChI=1S/C29H21BrFN3O3/c1-36-26-15-21(24(30)16-27(26)37-18-19-11-13-22(31)14-12-19)17-32-34-28(20-7-3-2-4-8-20)33-25-10-6-5-9-23(25)29(34)35/h2-17H,18H2,1H3. The van der Waals surface area contributed by atoms with Gasteiger partial charge in [-0.25, -0.2) is 9.37 Å². The molecule has 0 N–H and O–H groups in total. The van der Waals surface area contributed by atoms with Crippen molar-refractivity contribution < 1.29 is 13.9 Å². The smallest absolute Gasteiger partial charge is 0.282 e. The molecule has 0 fully saturated rings. The minimum Gasteiger partial charge on any atom is -0.493 e. The highest BCUT2D eigenvalue weighted by atomic mass is 79.9. The van der Waals surface area contributed by atoms with Gasteiger partial charge in [0.1, 0.15) is 12.4 Å². The Morgan fingerprint density at radius 2 is 1.70 bits per heavy atom. The number of aromatic nitrogens is 2. The van der Waals surface area contributed by atoms with E-state index in [2.05, 4.69) is 21.0 Å². The highest BCUT2D eigenvalue weighted by Crippen LogP contribution is 2.33.